The van der Waals surface area contributed by atoms with E-state index in [1.165, 1.54) is 0 Å². The fourth-order valence-electron chi connectivity index (χ4n) is 4.83. The summed E-state index contributed by atoms with van der Waals surface area (Å²) < 4.78 is 5.62. The number of aliphatic hydroxyl groups is 1. The molecule has 0 spiro atoms. The predicted octanol–water partition coefficient (Wildman–Crippen LogP) is 3.68. The van der Waals surface area contributed by atoms with Gasteiger partial charge in [0.1, 0.15) is 17.7 Å². The summed E-state index contributed by atoms with van der Waals surface area (Å²) in [6.07, 6.45) is 2.23. The number of nitrogens with zero attached hydrogens (tertiary/aromatic N) is 3. The van der Waals surface area contributed by atoms with Crippen LogP contribution in [0, 0.1) is 0 Å². The minimum atomic E-state index is -1.25. The molecule has 4 aromatic rings. The van der Waals surface area contributed by atoms with Crippen LogP contribution in [-0.4, -0.2) is 65.2 Å². The first kappa shape index (κ1) is 22.1. The average molecular weight is 457 g/mol. The summed E-state index contributed by atoms with van der Waals surface area (Å²) in [6, 6.07) is 20.6. The molecule has 7 heteroatoms. The van der Waals surface area contributed by atoms with Crippen molar-refractivity contribution in [3.8, 4) is 5.75 Å². The van der Waals surface area contributed by atoms with Crippen LogP contribution in [0.5, 0.6) is 5.75 Å². The Morgan fingerprint density at radius 3 is 2.50 bits per heavy atom. The van der Waals surface area contributed by atoms with Crippen molar-refractivity contribution in [3.63, 3.8) is 0 Å². The number of methoxy groups -OCH3 is 1. The summed E-state index contributed by atoms with van der Waals surface area (Å²) in [7, 11) is 1.61. The number of aromatic amines is 1. The molecule has 2 atom stereocenters. The number of para-hydroxylation sites is 2. The smallest absolute Gasteiger partial charge is 0.195 e. The van der Waals surface area contributed by atoms with Crippen molar-refractivity contribution in [2.24, 2.45) is 0 Å². The zero-order valence-corrected chi connectivity index (χ0v) is 19.1. The molecule has 174 valence electrons. The molecule has 2 N–H and O–H groups in total. The highest BCUT2D eigenvalue weighted by Crippen LogP contribution is 2.35. The molecular weight excluding hydrogens is 428 g/mol. The molecule has 0 aliphatic carbocycles. The van der Waals surface area contributed by atoms with E-state index in [1.807, 2.05) is 66.7 Å². The molecular formula is C27H28N4O3. The van der Waals surface area contributed by atoms with Gasteiger partial charge in [0, 0.05) is 60.6 Å². The van der Waals surface area contributed by atoms with Gasteiger partial charge in [-0.1, -0.05) is 42.5 Å². The summed E-state index contributed by atoms with van der Waals surface area (Å²) in [5.74, 6) is 1.29. The number of anilines is 1. The number of pyridine rings is 1. The lowest BCUT2D eigenvalue weighted by molar-refractivity contribution is 0.0358. The van der Waals surface area contributed by atoms with Crippen molar-refractivity contribution in [3.05, 3.63) is 90.3 Å². The van der Waals surface area contributed by atoms with Gasteiger partial charge in [0.2, 0.25) is 0 Å². The standard InChI is InChI=1S/C27H28N4O3/c1-34-23-11-5-3-9-20(23)25(31-16-14-30(15-17-31)24-12-6-7-13-28-24)27(33)26(32)21-18-29-22-10-4-2-8-19(21)22/h2-13,18,25,27,29,33H,14-17H2,1H3/t25-,27+/m0/s1. The van der Waals surface area contributed by atoms with Crippen molar-refractivity contribution in [1.82, 2.24) is 14.9 Å². The molecule has 5 rings (SSSR count). The van der Waals surface area contributed by atoms with E-state index in [4.69, 9.17) is 4.74 Å². The zero-order valence-electron chi connectivity index (χ0n) is 19.1. The molecule has 1 aliphatic heterocycles. The topological polar surface area (TPSA) is 81.7 Å². The van der Waals surface area contributed by atoms with Crippen molar-refractivity contribution in [1.29, 1.82) is 0 Å². The van der Waals surface area contributed by atoms with Crippen LogP contribution in [0.4, 0.5) is 5.82 Å². The molecule has 0 saturated carbocycles. The fourth-order valence-corrected chi connectivity index (χ4v) is 4.83. The Kier molecular flexibility index (Phi) is 6.29. The largest absolute Gasteiger partial charge is 0.496 e. The first-order chi connectivity index (χ1) is 16.7. The fraction of sp³-hybridized carbons (Fsp3) is 0.259. The van der Waals surface area contributed by atoms with Gasteiger partial charge in [-0.2, -0.15) is 0 Å². The lowest BCUT2D eigenvalue weighted by atomic mass is 9.92. The quantitative estimate of drug-likeness (QED) is 0.413. The number of hydrogen-bond donors (Lipinski definition) is 2. The number of nitrogens with one attached hydrogen (secondary N) is 1. The van der Waals surface area contributed by atoms with Crippen LogP contribution in [-0.2, 0) is 0 Å². The number of ketones is 1. The first-order valence-corrected chi connectivity index (χ1v) is 11.5. The van der Waals surface area contributed by atoms with E-state index in [0.29, 0.717) is 24.4 Å². The van der Waals surface area contributed by atoms with E-state index in [1.54, 1.807) is 19.5 Å². The van der Waals surface area contributed by atoms with E-state index in [2.05, 4.69) is 19.8 Å². The molecule has 2 aromatic heterocycles. The minimum absolute atomic E-state index is 0.305. The van der Waals surface area contributed by atoms with E-state index in [0.717, 1.165) is 35.4 Å². The van der Waals surface area contributed by atoms with E-state index in [-0.39, 0.29) is 5.78 Å². The molecule has 0 amide bonds. The summed E-state index contributed by atoms with van der Waals surface area (Å²) in [4.78, 5) is 25.6. The number of hydrogen-bond acceptors (Lipinski definition) is 6. The number of carbonyl (C=O) groups is 1. The molecule has 2 aromatic carbocycles. The summed E-state index contributed by atoms with van der Waals surface area (Å²) in [5, 5.41) is 12.3. The van der Waals surface area contributed by atoms with Crippen molar-refractivity contribution < 1.29 is 14.6 Å². The van der Waals surface area contributed by atoms with Crippen LogP contribution in [0.25, 0.3) is 10.9 Å². The Balaban J connectivity index is 1.46. The Morgan fingerprint density at radius 1 is 1.00 bits per heavy atom. The van der Waals surface area contributed by atoms with Gasteiger partial charge in [0.25, 0.3) is 0 Å². The third kappa shape index (κ3) is 4.16. The number of Topliss-reactive ketones (excluding diaryl/α,β-unsaturated/α-hetero) is 1. The molecule has 1 saturated heterocycles. The lowest BCUT2D eigenvalue weighted by Gasteiger charge is -2.41. The molecule has 1 fully saturated rings. The number of carbonyl (C=O) groups excluding carboxylic acids is 1. The van der Waals surface area contributed by atoms with Crippen LogP contribution in [0.3, 0.4) is 0 Å². The Bertz CT molecular complexity index is 1270. The second-order valence-corrected chi connectivity index (χ2v) is 8.45. The summed E-state index contributed by atoms with van der Waals surface area (Å²) in [5.41, 5.74) is 2.17. The van der Waals surface area contributed by atoms with Crippen LogP contribution in [0.15, 0.2) is 79.1 Å². The number of piperazine rings is 1. The molecule has 7 nitrogen and oxygen atoms in total. The molecule has 0 unspecified atom stereocenters. The van der Waals surface area contributed by atoms with Crippen molar-refractivity contribution in [2.45, 2.75) is 12.1 Å². The van der Waals surface area contributed by atoms with Gasteiger partial charge in [0.15, 0.2) is 5.78 Å². The van der Waals surface area contributed by atoms with Crippen LogP contribution >= 0.6 is 0 Å². The number of fused-ring (bicyclic) bond motifs is 1. The maximum Gasteiger partial charge on any atom is 0.195 e. The van der Waals surface area contributed by atoms with Gasteiger partial charge in [-0.3, -0.25) is 9.69 Å². The number of H-pyrrole nitrogens is 1. The number of aromatic nitrogens is 2. The molecule has 0 bridgehead atoms. The molecule has 1 aliphatic rings. The van der Waals surface area contributed by atoms with E-state index < -0.39 is 12.1 Å². The average Bonchev–Trinajstić information content (AvgIpc) is 3.34. The lowest BCUT2D eigenvalue weighted by Crippen LogP contribution is -2.51. The highest BCUT2D eigenvalue weighted by Gasteiger charge is 2.37. The highest BCUT2D eigenvalue weighted by molar-refractivity contribution is 6.10. The van der Waals surface area contributed by atoms with Gasteiger partial charge >= 0.3 is 0 Å². The van der Waals surface area contributed by atoms with Gasteiger partial charge < -0.3 is 19.7 Å². The predicted molar refractivity (Wildman–Crippen MR) is 132 cm³/mol. The van der Waals surface area contributed by atoms with Crippen molar-refractivity contribution >= 4 is 22.5 Å². The third-order valence-corrected chi connectivity index (χ3v) is 6.56. The van der Waals surface area contributed by atoms with Crippen LogP contribution in [0.1, 0.15) is 22.0 Å². The molecule has 0 radical (unpaired) electrons. The zero-order chi connectivity index (χ0) is 23.5. The van der Waals surface area contributed by atoms with E-state index in [9.17, 15) is 9.90 Å². The Morgan fingerprint density at radius 2 is 1.74 bits per heavy atom. The number of ether oxygens (including phenoxy) is 1. The summed E-state index contributed by atoms with van der Waals surface area (Å²) >= 11 is 0. The second kappa shape index (κ2) is 9.67. The SMILES string of the molecule is COc1ccccc1[C@@H]([C@@H](O)C(=O)c1c[nH]c2ccccc12)N1CCN(c2ccccn2)CC1. The monoisotopic (exact) mass is 456 g/mol. The molecule has 34 heavy (non-hydrogen) atoms. The van der Waals surface area contributed by atoms with Crippen LogP contribution in [0.2, 0.25) is 0 Å². The van der Waals surface area contributed by atoms with Crippen molar-refractivity contribution in [2.75, 3.05) is 38.2 Å². The van der Waals surface area contributed by atoms with Crippen LogP contribution < -0.4 is 9.64 Å². The first-order valence-electron chi connectivity index (χ1n) is 11.5. The van der Waals surface area contributed by atoms with E-state index >= 15 is 0 Å². The second-order valence-electron chi connectivity index (χ2n) is 8.45. The van der Waals surface area contributed by atoms with Gasteiger partial charge in [0.05, 0.1) is 13.2 Å². The number of aliphatic hydroxyl groups excluding tert-OH is 1. The maximum atomic E-state index is 13.6. The number of rotatable bonds is 7. The van der Waals surface area contributed by atoms with Gasteiger partial charge in [-0.15, -0.1) is 0 Å². The minimum Gasteiger partial charge on any atom is -0.496 e. The van der Waals surface area contributed by atoms with Gasteiger partial charge in [-0.25, -0.2) is 4.98 Å². The Labute approximate surface area is 198 Å². The highest BCUT2D eigenvalue weighted by atomic mass is 16.5. The van der Waals surface area contributed by atoms with Gasteiger partial charge in [-0.05, 0) is 24.3 Å². The molecule has 3 heterocycles. The normalized spacial score (nSPS) is 16.4. The maximum absolute atomic E-state index is 13.6. The third-order valence-electron chi connectivity index (χ3n) is 6.56. The number of benzene rings is 2. The summed E-state index contributed by atoms with van der Waals surface area (Å²) in [6.45, 7) is 2.85. The Hall–Kier alpha value is -3.68.